The number of fused-ring (bicyclic) bond motifs is 1. The molecule has 21 heavy (non-hydrogen) atoms. The Morgan fingerprint density at radius 3 is 2.52 bits per heavy atom. The zero-order valence-corrected chi connectivity index (χ0v) is 12.7. The second-order valence-electron chi connectivity index (χ2n) is 6.00. The third-order valence-electron chi connectivity index (χ3n) is 4.56. The van der Waals surface area contributed by atoms with Gasteiger partial charge in [-0.3, -0.25) is 4.90 Å². The van der Waals surface area contributed by atoms with Gasteiger partial charge in [0.1, 0.15) is 5.75 Å². The molecule has 3 nitrogen and oxygen atoms in total. The molecule has 3 rings (SSSR count). The predicted molar refractivity (Wildman–Crippen MR) is 87.6 cm³/mol. The Kier molecular flexibility index (Phi) is 4.42. The molecule has 3 heteroatoms. The Morgan fingerprint density at radius 2 is 1.81 bits per heavy atom. The molecular formula is C18H24N2O. The van der Waals surface area contributed by atoms with Crippen LogP contribution >= 0.6 is 0 Å². The van der Waals surface area contributed by atoms with Gasteiger partial charge in [-0.15, -0.1) is 0 Å². The standard InChI is InChI=1S/C18H24N2O/c1-21-18-5-4-16-10-15(2-3-17(16)11-18)13-20-8-6-14(12-19)7-9-20/h2-5,10-11,14H,6-9,12-13,19H2,1H3. The van der Waals surface area contributed by atoms with Crippen molar-refractivity contribution in [1.29, 1.82) is 0 Å². The summed E-state index contributed by atoms with van der Waals surface area (Å²) >= 11 is 0. The summed E-state index contributed by atoms with van der Waals surface area (Å²) in [4.78, 5) is 2.54. The highest BCUT2D eigenvalue weighted by molar-refractivity contribution is 5.84. The zero-order chi connectivity index (χ0) is 14.7. The van der Waals surface area contributed by atoms with Gasteiger partial charge in [-0.05, 0) is 72.9 Å². The van der Waals surface area contributed by atoms with Crippen LogP contribution in [0.4, 0.5) is 0 Å². The van der Waals surface area contributed by atoms with Crippen LogP contribution in [0.15, 0.2) is 36.4 Å². The van der Waals surface area contributed by atoms with Crippen molar-refractivity contribution >= 4 is 10.8 Å². The first kappa shape index (κ1) is 14.4. The number of benzene rings is 2. The maximum Gasteiger partial charge on any atom is 0.119 e. The van der Waals surface area contributed by atoms with Gasteiger partial charge in [0.25, 0.3) is 0 Å². The van der Waals surface area contributed by atoms with Gasteiger partial charge in [0, 0.05) is 6.54 Å². The highest BCUT2D eigenvalue weighted by Crippen LogP contribution is 2.23. The molecule has 0 amide bonds. The number of hydrogen-bond acceptors (Lipinski definition) is 3. The molecule has 0 atom stereocenters. The van der Waals surface area contributed by atoms with Crippen LogP contribution in [0.2, 0.25) is 0 Å². The Labute approximate surface area is 126 Å². The smallest absolute Gasteiger partial charge is 0.119 e. The summed E-state index contributed by atoms with van der Waals surface area (Å²) in [6.45, 7) is 4.22. The molecular weight excluding hydrogens is 260 g/mol. The van der Waals surface area contributed by atoms with Crippen molar-refractivity contribution in [2.75, 3.05) is 26.7 Å². The highest BCUT2D eigenvalue weighted by Gasteiger charge is 2.17. The van der Waals surface area contributed by atoms with Crippen LogP contribution in [0, 0.1) is 5.92 Å². The van der Waals surface area contributed by atoms with E-state index in [-0.39, 0.29) is 0 Å². The predicted octanol–water partition coefficient (Wildman–Crippen LogP) is 3.02. The van der Waals surface area contributed by atoms with Crippen LogP contribution in [0.5, 0.6) is 5.75 Å². The molecule has 0 aliphatic carbocycles. The lowest BCUT2D eigenvalue weighted by molar-refractivity contribution is 0.180. The maximum atomic E-state index is 5.76. The Bertz CT molecular complexity index is 603. The third kappa shape index (κ3) is 3.36. The molecule has 1 saturated heterocycles. The van der Waals surface area contributed by atoms with E-state index in [4.69, 9.17) is 10.5 Å². The molecule has 2 aromatic rings. The molecule has 0 bridgehead atoms. The molecule has 0 aromatic heterocycles. The van der Waals surface area contributed by atoms with Gasteiger partial charge in [0.2, 0.25) is 0 Å². The number of piperidine rings is 1. The van der Waals surface area contributed by atoms with E-state index in [1.807, 2.05) is 6.07 Å². The lowest BCUT2D eigenvalue weighted by Gasteiger charge is -2.31. The van der Waals surface area contributed by atoms with E-state index in [0.717, 1.165) is 24.8 Å². The summed E-state index contributed by atoms with van der Waals surface area (Å²) in [7, 11) is 1.71. The van der Waals surface area contributed by atoms with Crippen molar-refractivity contribution < 1.29 is 4.74 Å². The minimum absolute atomic E-state index is 0.727. The number of nitrogens with two attached hydrogens (primary N) is 1. The van der Waals surface area contributed by atoms with E-state index in [1.54, 1.807) is 7.11 Å². The number of rotatable bonds is 4. The normalized spacial score (nSPS) is 17.2. The molecule has 0 radical (unpaired) electrons. The maximum absolute atomic E-state index is 5.76. The van der Waals surface area contributed by atoms with Gasteiger partial charge in [0.15, 0.2) is 0 Å². The average Bonchev–Trinajstić information content (AvgIpc) is 2.55. The number of ether oxygens (including phenoxy) is 1. The highest BCUT2D eigenvalue weighted by atomic mass is 16.5. The van der Waals surface area contributed by atoms with E-state index >= 15 is 0 Å². The summed E-state index contributed by atoms with van der Waals surface area (Å²) in [5.74, 6) is 1.64. The first-order valence-electron chi connectivity index (χ1n) is 7.77. The van der Waals surface area contributed by atoms with Crippen molar-refractivity contribution in [1.82, 2.24) is 4.90 Å². The molecule has 1 fully saturated rings. The summed E-state index contributed by atoms with van der Waals surface area (Å²) in [5, 5.41) is 2.52. The monoisotopic (exact) mass is 284 g/mol. The van der Waals surface area contributed by atoms with Gasteiger partial charge in [-0.25, -0.2) is 0 Å². The summed E-state index contributed by atoms with van der Waals surface area (Å²) in [6, 6.07) is 13.0. The van der Waals surface area contributed by atoms with Gasteiger partial charge in [-0.2, -0.15) is 0 Å². The van der Waals surface area contributed by atoms with E-state index in [1.165, 1.54) is 42.3 Å². The minimum atomic E-state index is 0.727. The zero-order valence-electron chi connectivity index (χ0n) is 12.7. The van der Waals surface area contributed by atoms with Crippen molar-refractivity contribution in [2.24, 2.45) is 11.7 Å². The van der Waals surface area contributed by atoms with Crippen LogP contribution in [-0.4, -0.2) is 31.6 Å². The van der Waals surface area contributed by atoms with Crippen molar-refractivity contribution in [3.05, 3.63) is 42.0 Å². The molecule has 0 unspecified atom stereocenters. The Balaban J connectivity index is 1.70. The van der Waals surface area contributed by atoms with Crippen LogP contribution in [0.1, 0.15) is 18.4 Å². The molecule has 0 spiro atoms. The van der Waals surface area contributed by atoms with Crippen LogP contribution in [0.3, 0.4) is 0 Å². The van der Waals surface area contributed by atoms with E-state index in [9.17, 15) is 0 Å². The number of nitrogens with zero attached hydrogens (tertiary/aromatic N) is 1. The van der Waals surface area contributed by atoms with Crippen LogP contribution in [-0.2, 0) is 6.54 Å². The largest absolute Gasteiger partial charge is 0.497 e. The SMILES string of the molecule is COc1ccc2cc(CN3CCC(CN)CC3)ccc2c1. The number of hydrogen-bond donors (Lipinski definition) is 1. The first-order valence-corrected chi connectivity index (χ1v) is 7.77. The third-order valence-corrected chi connectivity index (χ3v) is 4.56. The molecule has 1 heterocycles. The lowest BCUT2D eigenvalue weighted by atomic mass is 9.96. The van der Waals surface area contributed by atoms with Crippen molar-refractivity contribution in [3.63, 3.8) is 0 Å². The average molecular weight is 284 g/mol. The van der Waals surface area contributed by atoms with Crippen molar-refractivity contribution in [3.8, 4) is 5.75 Å². The summed E-state index contributed by atoms with van der Waals surface area (Å²) in [5.41, 5.74) is 7.15. The topological polar surface area (TPSA) is 38.5 Å². The molecule has 1 aliphatic rings. The molecule has 2 N–H and O–H groups in total. The molecule has 1 aliphatic heterocycles. The van der Waals surface area contributed by atoms with Gasteiger partial charge < -0.3 is 10.5 Å². The van der Waals surface area contributed by atoms with Crippen LogP contribution in [0.25, 0.3) is 10.8 Å². The Hall–Kier alpha value is -1.58. The fraction of sp³-hybridized carbons (Fsp3) is 0.444. The number of likely N-dealkylation sites (tertiary alicyclic amines) is 1. The second-order valence-corrected chi connectivity index (χ2v) is 6.00. The minimum Gasteiger partial charge on any atom is -0.497 e. The van der Waals surface area contributed by atoms with Crippen LogP contribution < -0.4 is 10.5 Å². The Morgan fingerprint density at radius 1 is 1.10 bits per heavy atom. The molecule has 0 saturated carbocycles. The number of methoxy groups -OCH3 is 1. The van der Waals surface area contributed by atoms with Gasteiger partial charge in [-0.1, -0.05) is 18.2 Å². The van der Waals surface area contributed by atoms with Crippen molar-refractivity contribution in [2.45, 2.75) is 19.4 Å². The molecule has 112 valence electrons. The fourth-order valence-corrected chi connectivity index (χ4v) is 3.14. The fourth-order valence-electron chi connectivity index (χ4n) is 3.14. The second kappa shape index (κ2) is 6.46. The quantitative estimate of drug-likeness (QED) is 0.938. The lowest BCUT2D eigenvalue weighted by Crippen LogP contribution is -2.35. The summed E-state index contributed by atoms with van der Waals surface area (Å²) in [6.07, 6.45) is 2.47. The first-order chi connectivity index (χ1) is 10.3. The van der Waals surface area contributed by atoms with E-state index in [0.29, 0.717) is 0 Å². The summed E-state index contributed by atoms with van der Waals surface area (Å²) < 4.78 is 5.28. The van der Waals surface area contributed by atoms with Gasteiger partial charge >= 0.3 is 0 Å². The van der Waals surface area contributed by atoms with E-state index in [2.05, 4.69) is 35.2 Å². The van der Waals surface area contributed by atoms with Gasteiger partial charge in [0.05, 0.1) is 7.11 Å². The van der Waals surface area contributed by atoms with E-state index < -0.39 is 0 Å². The molecule has 2 aromatic carbocycles.